The summed E-state index contributed by atoms with van der Waals surface area (Å²) in [4.78, 5) is 55.8. The molecule has 1 saturated heterocycles. The predicted octanol–water partition coefficient (Wildman–Crippen LogP) is 3.71. The molecule has 4 rings (SSSR count). The van der Waals surface area contributed by atoms with Gasteiger partial charge < -0.3 is 20.5 Å². The first-order valence-electron chi connectivity index (χ1n) is 13.4. The van der Waals surface area contributed by atoms with Crippen LogP contribution in [0.5, 0.6) is 0 Å². The van der Waals surface area contributed by atoms with Crippen LogP contribution in [0.2, 0.25) is 0 Å². The zero-order valence-electron chi connectivity index (χ0n) is 22.8. The molecule has 10 heteroatoms. The van der Waals surface area contributed by atoms with Crippen LogP contribution < -0.4 is 16.5 Å². The lowest BCUT2D eigenvalue weighted by Gasteiger charge is -2.33. The molecular weight excluding hydrogens is 498 g/mol. The van der Waals surface area contributed by atoms with E-state index >= 15 is 0 Å². The molecule has 10 nitrogen and oxygen atoms in total. The summed E-state index contributed by atoms with van der Waals surface area (Å²) < 4.78 is 0. The lowest BCUT2D eigenvalue weighted by Crippen LogP contribution is -2.37. The highest BCUT2D eigenvalue weighted by Gasteiger charge is 2.33. The molecule has 0 saturated carbocycles. The number of rotatable bonds is 8. The fourth-order valence-corrected chi connectivity index (χ4v) is 4.48. The number of nitrogens with zero attached hydrogens (tertiary/aromatic N) is 3. The van der Waals surface area contributed by atoms with Gasteiger partial charge in [-0.1, -0.05) is 69.7 Å². The second kappa shape index (κ2) is 13.6. The predicted molar refractivity (Wildman–Crippen MR) is 149 cm³/mol. The molecule has 0 bridgehead atoms. The smallest absolute Gasteiger partial charge is 0.333 e. The third-order valence-corrected chi connectivity index (χ3v) is 6.42. The van der Waals surface area contributed by atoms with E-state index in [0.29, 0.717) is 34.3 Å². The SMILES string of the molecule is CC.CCCCN(N)/C1=C(\N)c2ccccc2CN(C(=O)CCC(=O)ON2C(=O)CCC2=O)c2ccccc21. The van der Waals surface area contributed by atoms with Crippen LogP contribution in [0.15, 0.2) is 48.5 Å². The first-order chi connectivity index (χ1) is 18.8. The molecule has 0 radical (unpaired) electrons. The zero-order valence-corrected chi connectivity index (χ0v) is 22.8. The van der Waals surface area contributed by atoms with Crippen molar-refractivity contribution < 1.29 is 24.0 Å². The Hall–Kier alpha value is -4.18. The van der Waals surface area contributed by atoms with Crippen LogP contribution in [0, 0.1) is 0 Å². The molecule has 1 fully saturated rings. The number of fused-ring (bicyclic) bond motifs is 2. The van der Waals surface area contributed by atoms with Gasteiger partial charge >= 0.3 is 5.97 Å². The highest BCUT2D eigenvalue weighted by atomic mass is 16.7. The van der Waals surface area contributed by atoms with Crippen LogP contribution >= 0.6 is 0 Å². The standard InChI is InChI=1S/C27H31N5O5.C2H6/c1-2-3-16-31(29)27-20-10-6-7-11-21(20)30(17-18-8-4-5-9-19(18)26(27)28)22(33)14-15-25(36)37-32-23(34)12-13-24(32)35;1-2/h4-11H,2-3,12-17,28-29H2,1H3;1-2H3/b27-26-;. The van der Waals surface area contributed by atoms with Crippen molar-refractivity contribution in [3.8, 4) is 0 Å². The van der Waals surface area contributed by atoms with Crippen molar-refractivity contribution in [2.24, 2.45) is 11.6 Å². The summed E-state index contributed by atoms with van der Waals surface area (Å²) in [7, 11) is 0. The van der Waals surface area contributed by atoms with Crippen LogP contribution in [0.1, 0.15) is 76.0 Å². The van der Waals surface area contributed by atoms with E-state index in [2.05, 4.69) is 6.92 Å². The Labute approximate surface area is 229 Å². The van der Waals surface area contributed by atoms with Crippen LogP contribution in [-0.4, -0.2) is 40.3 Å². The minimum Gasteiger partial charge on any atom is -0.396 e. The second-order valence-corrected chi connectivity index (χ2v) is 9.01. The van der Waals surface area contributed by atoms with E-state index in [0.717, 1.165) is 24.0 Å². The van der Waals surface area contributed by atoms with Gasteiger partial charge in [-0.2, -0.15) is 0 Å². The highest BCUT2D eigenvalue weighted by Crippen LogP contribution is 2.37. The van der Waals surface area contributed by atoms with E-state index in [-0.39, 0.29) is 38.1 Å². The summed E-state index contributed by atoms with van der Waals surface area (Å²) in [6.45, 7) is 6.89. The molecule has 2 aromatic carbocycles. The van der Waals surface area contributed by atoms with Crippen molar-refractivity contribution in [2.45, 2.75) is 65.8 Å². The largest absolute Gasteiger partial charge is 0.396 e. The molecule has 0 spiro atoms. The van der Waals surface area contributed by atoms with Gasteiger partial charge in [-0.15, -0.1) is 5.06 Å². The molecule has 3 amide bonds. The Bertz CT molecular complexity index is 1240. The van der Waals surface area contributed by atoms with Gasteiger partial charge in [0.25, 0.3) is 11.8 Å². The van der Waals surface area contributed by atoms with E-state index in [4.69, 9.17) is 16.4 Å². The summed E-state index contributed by atoms with van der Waals surface area (Å²) in [6, 6.07) is 14.9. The van der Waals surface area contributed by atoms with Gasteiger partial charge in [0.2, 0.25) is 5.91 Å². The number of carbonyl (C=O) groups is 4. The molecule has 208 valence electrons. The lowest BCUT2D eigenvalue weighted by molar-refractivity contribution is -0.197. The number of hydrogen-bond acceptors (Lipinski definition) is 8. The minimum atomic E-state index is -0.824. The van der Waals surface area contributed by atoms with Crippen LogP contribution in [0.4, 0.5) is 5.69 Å². The van der Waals surface area contributed by atoms with Crippen molar-refractivity contribution in [2.75, 3.05) is 11.4 Å². The van der Waals surface area contributed by atoms with Crippen molar-refractivity contribution >= 4 is 40.8 Å². The summed E-state index contributed by atoms with van der Waals surface area (Å²) >= 11 is 0. The van der Waals surface area contributed by atoms with Gasteiger partial charge in [0.05, 0.1) is 30.0 Å². The van der Waals surface area contributed by atoms with E-state index in [1.54, 1.807) is 9.91 Å². The third kappa shape index (κ3) is 6.64. The van der Waals surface area contributed by atoms with Gasteiger partial charge in [0.15, 0.2) is 0 Å². The number of anilines is 1. The molecule has 4 N–H and O–H groups in total. The van der Waals surface area contributed by atoms with Gasteiger partial charge in [0, 0.05) is 36.9 Å². The summed E-state index contributed by atoms with van der Waals surface area (Å²) in [6.07, 6.45) is 1.36. The number of amides is 3. The number of nitrogens with two attached hydrogens (primary N) is 2. The number of para-hydroxylation sites is 1. The maximum atomic E-state index is 13.5. The molecule has 2 aromatic rings. The first kappa shape index (κ1) is 29.4. The average Bonchev–Trinajstić information content (AvgIpc) is 3.26. The van der Waals surface area contributed by atoms with Crippen molar-refractivity contribution in [3.63, 3.8) is 0 Å². The fourth-order valence-electron chi connectivity index (χ4n) is 4.48. The van der Waals surface area contributed by atoms with Crippen molar-refractivity contribution in [1.29, 1.82) is 0 Å². The highest BCUT2D eigenvalue weighted by molar-refractivity contribution is 6.03. The number of hydrazine groups is 1. The van der Waals surface area contributed by atoms with Crippen LogP contribution in [0.3, 0.4) is 0 Å². The molecule has 39 heavy (non-hydrogen) atoms. The summed E-state index contributed by atoms with van der Waals surface area (Å²) in [5.74, 6) is 4.23. The van der Waals surface area contributed by atoms with Crippen LogP contribution in [-0.2, 0) is 30.6 Å². The lowest BCUT2D eigenvalue weighted by atomic mass is 9.95. The molecule has 0 unspecified atom stereocenters. The van der Waals surface area contributed by atoms with Crippen molar-refractivity contribution in [3.05, 3.63) is 65.2 Å². The normalized spacial score (nSPS) is 16.4. The van der Waals surface area contributed by atoms with Gasteiger partial charge in [0.1, 0.15) is 0 Å². The monoisotopic (exact) mass is 535 g/mol. The molecule has 0 atom stereocenters. The quantitative estimate of drug-likeness (QED) is 0.296. The van der Waals surface area contributed by atoms with Gasteiger partial charge in [-0.05, 0) is 18.1 Å². The Kier molecular flexibility index (Phi) is 10.2. The van der Waals surface area contributed by atoms with E-state index in [1.165, 1.54) is 0 Å². The number of unbranched alkanes of at least 4 members (excludes halogenated alkanes) is 1. The fraction of sp³-hybridized carbons (Fsp3) is 0.379. The molecule has 2 aliphatic heterocycles. The first-order valence-corrected chi connectivity index (χ1v) is 13.4. The topological polar surface area (TPSA) is 139 Å². The maximum absolute atomic E-state index is 13.5. The van der Waals surface area contributed by atoms with E-state index < -0.39 is 17.8 Å². The van der Waals surface area contributed by atoms with Gasteiger partial charge in [-0.25, -0.2) is 10.6 Å². The molecule has 0 aromatic heterocycles. The number of benzene rings is 2. The number of hydroxylamine groups is 2. The molecule has 0 aliphatic carbocycles. The molecule has 2 aliphatic rings. The maximum Gasteiger partial charge on any atom is 0.333 e. The molecule has 2 heterocycles. The third-order valence-electron chi connectivity index (χ3n) is 6.42. The zero-order chi connectivity index (χ0) is 28.5. The Morgan fingerprint density at radius 3 is 2.23 bits per heavy atom. The number of carbonyl (C=O) groups excluding carboxylic acids is 4. The minimum absolute atomic E-state index is 0.00438. The summed E-state index contributed by atoms with van der Waals surface area (Å²) in [5.41, 5.74) is 10.8. The Morgan fingerprint density at radius 2 is 1.56 bits per heavy atom. The second-order valence-electron chi connectivity index (χ2n) is 9.01. The number of imide groups is 1. The van der Waals surface area contributed by atoms with Gasteiger partial charge in [-0.3, -0.25) is 14.4 Å². The van der Waals surface area contributed by atoms with E-state index in [1.807, 2.05) is 62.4 Å². The number of hydrogen-bond donors (Lipinski definition) is 2. The molecular formula is C29H37N5O5. The average molecular weight is 536 g/mol. The van der Waals surface area contributed by atoms with E-state index in [9.17, 15) is 19.2 Å². The Morgan fingerprint density at radius 1 is 0.949 bits per heavy atom. The van der Waals surface area contributed by atoms with Crippen LogP contribution in [0.25, 0.3) is 11.4 Å². The Balaban J connectivity index is 0.00000205. The summed E-state index contributed by atoms with van der Waals surface area (Å²) in [5, 5.41) is 2.12. The van der Waals surface area contributed by atoms with Crippen molar-refractivity contribution in [1.82, 2.24) is 10.1 Å².